The van der Waals surface area contributed by atoms with E-state index >= 15 is 4.79 Å². The van der Waals surface area contributed by atoms with E-state index in [-0.39, 0.29) is 11.3 Å². The van der Waals surface area contributed by atoms with Gasteiger partial charge in [0.1, 0.15) is 5.75 Å². The number of nitriles is 1. The minimum Gasteiger partial charge on any atom is -0.493 e. The van der Waals surface area contributed by atoms with E-state index in [9.17, 15) is 18.8 Å². The van der Waals surface area contributed by atoms with E-state index in [0.717, 1.165) is 9.99 Å². The van der Waals surface area contributed by atoms with Crippen molar-refractivity contribution in [3.05, 3.63) is 108 Å². The lowest BCUT2D eigenvalue weighted by molar-refractivity contribution is -0.127. The van der Waals surface area contributed by atoms with Crippen molar-refractivity contribution < 1.29 is 23.1 Å². The average molecular weight is 612 g/mol. The number of hydrogen-bond acceptors (Lipinski definition) is 9. The monoisotopic (exact) mass is 611 g/mol. The van der Waals surface area contributed by atoms with Crippen molar-refractivity contribution >= 4 is 27.3 Å². The maximum atomic E-state index is 15.2. The first-order valence-corrected chi connectivity index (χ1v) is 16.0. The Morgan fingerprint density at radius 3 is 2.45 bits per heavy atom. The number of anilines is 2. The predicted octanol–water partition coefficient (Wildman–Crippen LogP) is 3.54. The summed E-state index contributed by atoms with van der Waals surface area (Å²) < 4.78 is 35.9. The number of allylic oxidation sites excluding steroid dienone is 2. The zero-order chi connectivity index (χ0) is 31.1. The van der Waals surface area contributed by atoms with Gasteiger partial charge in [0.05, 0.1) is 23.9 Å². The minimum absolute atomic E-state index is 0.0976. The number of nitrogens with zero attached hydrogens (tertiary/aromatic N) is 5. The van der Waals surface area contributed by atoms with Crippen LogP contribution in [0.15, 0.2) is 91.3 Å². The molecule has 2 aromatic carbocycles. The van der Waals surface area contributed by atoms with Gasteiger partial charge in [-0.1, -0.05) is 43.4 Å². The van der Waals surface area contributed by atoms with Crippen LogP contribution in [0.4, 0.5) is 11.4 Å². The second-order valence-corrected chi connectivity index (χ2v) is 13.0. The maximum absolute atomic E-state index is 15.2. The van der Waals surface area contributed by atoms with Gasteiger partial charge in [0.15, 0.2) is 5.54 Å². The highest BCUT2D eigenvalue weighted by Crippen LogP contribution is 2.53. The first-order valence-electron chi connectivity index (χ1n) is 14.5. The van der Waals surface area contributed by atoms with Crippen molar-refractivity contribution in [1.29, 1.82) is 5.26 Å². The molecule has 1 fully saturated rings. The molecule has 0 bridgehead atoms. The second kappa shape index (κ2) is 11.2. The fraction of sp³-hybridized carbons (Fsp3) is 0.303. The zero-order valence-corrected chi connectivity index (χ0v) is 25.3. The van der Waals surface area contributed by atoms with Crippen LogP contribution in [0.3, 0.4) is 0 Å². The standard InChI is InChI=1S/C33H33N5O5S/c1-3-43-30-10-5-4-9-27(30)33(37-20-18-36(19-21-37)26-13-16-35-17-14-26)28-22-25(23-34)11-12-29(28)38(31(33)39)44(41,42)32(40)15-7-6-8-24(32)2/h4-17,22,24,40H,3,18-21H2,1-2H3. The Balaban J connectivity index is 1.58. The SMILES string of the molecule is CCOc1ccccc1C1(N2CCN(c3ccncc3)CC2)C(=O)N(S(=O)(=O)C2(O)C=CC=CC2C)c2ccc(C#N)cc21. The lowest BCUT2D eigenvalue weighted by Gasteiger charge is -2.46. The molecule has 0 radical (unpaired) electrons. The topological polar surface area (TPSA) is 127 Å². The van der Waals surface area contributed by atoms with Gasteiger partial charge in [-0.25, -0.2) is 12.7 Å². The van der Waals surface area contributed by atoms with E-state index in [2.05, 4.69) is 16.0 Å². The molecule has 1 aliphatic carbocycles. The Labute approximate surface area is 257 Å². The molecule has 0 spiro atoms. The van der Waals surface area contributed by atoms with Crippen LogP contribution in [-0.2, 0) is 20.4 Å². The van der Waals surface area contributed by atoms with Gasteiger partial charge in [0.25, 0.3) is 15.9 Å². The Morgan fingerprint density at radius 2 is 1.77 bits per heavy atom. The van der Waals surface area contributed by atoms with Crippen molar-refractivity contribution in [3.63, 3.8) is 0 Å². The summed E-state index contributed by atoms with van der Waals surface area (Å²) in [5.74, 6) is -1.16. The van der Waals surface area contributed by atoms with Crippen LogP contribution in [-0.4, -0.2) is 67.0 Å². The Hall–Kier alpha value is -4.50. The van der Waals surface area contributed by atoms with Crippen LogP contribution in [0, 0.1) is 17.2 Å². The van der Waals surface area contributed by atoms with Crippen LogP contribution in [0.5, 0.6) is 5.75 Å². The number of fused-ring (bicyclic) bond motifs is 1. The summed E-state index contributed by atoms with van der Waals surface area (Å²) in [6.45, 7) is 5.62. The van der Waals surface area contributed by atoms with Crippen LogP contribution < -0.4 is 13.9 Å². The van der Waals surface area contributed by atoms with Crippen LogP contribution in [0.1, 0.15) is 30.5 Å². The van der Waals surface area contributed by atoms with E-state index in [1.807, 2.05) is 24.0 Å². The second-order valence-electron chi connectivity index (χ2n) is 11.0. The molecule has 1 aromatic heterocycles. The molecule has 0 saturated carbocycles. The third-order valence-electron chi connectivity index (χ3n) is 8.74. The van der Waals surface area contributed by atoms with Crippen molar-refractivity contribution in [2.24, 2.45) is 5.92 Å². The van der Waals surface area contributed by atoms with Crippen molar-refractivity contribution in [2.45, 2.75) is 24.3 Å². The third kappa shape index (κ3) is 4.32. The molecule has 3 heterocycles. The van der Waals surface area contributed by atoms with Crippen molar-refractivity contribution in [1.82, 2.24) is 9.88 Å². The number of hydrogen-bond donors (Lipinski definition) is 1. The summed E-state index contributed by atoms with van der Waals surface area (Å²) in [5.41, 5.74) is 0.515. The quantitative estimate of drug-likeness (QED) is 0.427. The summed E-state index contributed by atoms with van der Waals surface area (Å²) in [7, 11) is -4.76. The van der Waals surface area contributed by atoms with Gasteiger partial charge in [-0.2, -0.15) is 5.26 Å². The molecule has 3 aliphatic rings. The highest BCUT2D eigenvalue weighted by molar-refractivity contribution is 7.95. The number of aromatic nitrogens is 1. The van der Waals surface area contributed by atoms with Gasteiger partial charge in [-0.3, -0.25) is 14.7 Å². The molecule has 2 aliphatic heterocycles. The number of sulfonamides is 1. The molecule has 1 amide bonds. The van der Waals surface area contributed by atoms with Gasteiger partial charge in [0.2, 0.25) is 4.93 Å². The fourth-order valence-electron chi connectivity index (χ4n) is 6.50. The van der Waals surface area contributed by atoms with E-state index in [4.69, 9.17) is 4.74 Å². The van der Waals surface area contributed by atoms with Crippen LogP contribution >= 0.6 is 0 Å². The van der Waals surface area contributed by atoms with Crippen molar-refractivity contribution in [2.75, 3.05) is 42.0 Å². The van der Waals surface area contributed by atoms with Crippen LogP contribution in [0.25, 0.3) is 0 Å². The molecule has 1 saturated heterocycles. The number of benzene rings is 2. The number of ether oxygens (including phenoxy) is 1. The molecule has 44 heavy (non-hydrogen) atoms. The van der Waals surface area contributed by atoms with Crippen molar-refractivity contribution in [3.8, 4) is 11.8 Å². The molecule has 1 N–H and O–H groups in total. The molecule has 3 unspecified atom stereocenters. The van der Waals surface area contributed by atoms with E-state index < -0.39 is 32.3 Å². The number of aliphatic hydroxyl groups is 1. The average Bonchev–Trinajstić information content (AvgIpc) is 3.31. The predicted molar refractivity (Wildman–Crippen MR) is 166 cm³/mol. The molecule has 11 heteroatoms. The Bertz CT molecular complexity index is 1800. The molecular formula is C33H33N5O5S. The van der Waals surface area contributed by atoms with Gasteiger partial charge in [0, 0.05) is 61.3 Å². The number of piperazine rings is 1. The first kappa shape index (κ1) is 29.6. The van der Waals surface area contributed by atoms with E-state index in [1.165, 1.54) is 24.3 Å². The van der Waals surface area contributed by atoms with Gasteiger partial charge < -0.3 is 14.7 Å². The first-order chi connectivity index (χ1) is 21.2. The fourth-order valence-corrected chi connectivity index (χ4v) is 8.36. The van der Waals surface area contributed by atoms with Crippen LogP contribution in [0.2, 0.25) is 0 Å². The molecule has 226 valence electrons. The van der Waals surface area contributed by atoms with Gasteiger partial charge >= 0.3 is 0 Å². The molecule has 3 aromatic rings. The summed E-state index contributed by atoms with van der Waals surface area (Å²) >= 11 is 0. The number of carbonyl (C=O) groups excluding carboxylic acids is 1. The van der Waals surface area contributed by atoms with E-state index in [0.29, 0.717) is 49.7 Å². The van der Waals surface area contributed by atoms with E-state index in [1.54, 1.807) is 61.8 Å². The van der Waals surface area contributed by atoms with Gasteiger partial charge in [-0.05, 0) is 49.4 Å². The highest BCUT2D eigenvalue weighted by atomic mass is 32.2. The largest absolute Gasteiger partial charge is 0.493 e. The summed E-state index contributed by atoms with van der Waals surface area (Å²) in [5, 5.41) is 21.6. The third-order valence-corrected chi connectivity index (χ3v) is 10.9. The number of para-hydroxylation sites is 1. The molecule has 10 nitrogen and oxygen atoms in total. The molecule has 6 rings (SSSR count). The number of amides is 1. The summed E-state index contributed by atoms with van der Waals surface area (Å²) in [4.78, 5) is 21.1. The summed E-state index contributed by atoms with van der Waals surface area (Å²) in [6, 6.07) is 17.7. The summed E-state index contributed by atoms with van der Waals surface area (Å²) in [6.07, 6.45) is 9.39. The van der Waals surface area contributed by atoms with Gasteiger partial charge in [-0.15, -0.1) is 0 Å². The normalized spacial score (nSPS) is 25.1. The number of rotatable bonds is 7. The number of pyridine rings is 1. The highest BCUT2D eigenvalue weighted by Gasteiger charge is 2.63. The Morgan fingerprint density at radius 1 is 1.05 bits per heavy atom. The number of carbonyl (C=O) groups is 1. The minimum atomic E-state index is -4.76. The zero-order valence-electron chi connectivity index (χ0n) is 24.5. The molecule has 3 atom stereocenters. The molecular weight excluding hydrogens is 578 g/mol. The smallest absolute Gasteiger partial charge is 0.276 e. The maximum Gasteiger partial charge on any atom is 0.276 e. The lowest BCUT2D eigenvalue weighted by atomic mass is 9.80. The lowest BCUT2D eigenvalue weighted by Crippen LogP contribution is -2.62. The Kier molecular flexibility index (Phi) is 7.53.